The minimum Gasteiger partial charge on any atom is -0.475 e. The van der Waals surface area contributed by atoms with Gasteiger partial charge in [-0.15, -0.1) is 0 Å². The highest BCUT2D eigenvalue weighted by molar-refractivity contribution is 5.94. The Bertz CT molecular complexity index is 1210. The molecule has 16 heteroatoms. The fraction of sp³-hybridized carbons (Fsp3) is 0.261. The fourth-order valence-corrected chi connectivity index (χ4v) is 3.08. The Balaban J connectivity index is 0.000000317. The Labute approximate surface area is 216 Å². The lowest BCUT2D eigenvalue weighted by molar-refractivity contribution is -0.193. The van der Waals surface area contributed by atoms with Crippen LogP contribution in [0.1, 0.15) is 21.5 Å². The summed E-state index contributed by atoms with van der Waals surface area (Å²) in [5.41, 5.74) is 2.74. The molecule has 4 heterocycles. The fourth-order valence-electron chi connectivity index (χ4n) is 3.08. The van der Waals surface area contributed by atoms with Crippen molar-refractivity contribution in [3.8, 4) is 0 Å². The van der Waals surface area contributed by atoms with Gasteiger partial charge in [-0.3, -0.25) is 9.78 Å². The lowest BCUT2D eigenvalue weighted by atomic mass is 10.2. The number of carboxylic acid groups (broad SMARTS) is 2. The van der Waals surface area contributed by atoms with E-state index >= 15 is 0 Å². The van der Waals surface area contributed by atoms with Gasteiger partial charge < -0.3 is 24.4 Å². The Morgan fingerprint density at radius 1 is 0.923 bits per heavy atom. The zero-order chi connectivity index (χ0) is 29.2. The number of aliphatic carboxylic acids is 2. The third-order valence-corrected chi connectivity index (χ3v) is 4.80. The zero-order valence-electron chi connectivity index (χ0n) is 19.7. The van der Waals surface area contributed by atoms with Crippen molar-refractivity contribution >= 4 is 23.7 Å². The number of hydrogen-bond donors (Lipinski definition) is 2. The summed E-state index contributed by atoms with van der Waals surface area (Å²) in [4.78, 5) is 43.3. The first kappa shape index (κ1) is 30.6. The monoisotopic (exact) mass is 562 g/mol. The number of carbonyl (C=O) groups excluding carboxylic acids is 1. The number of nitrogens with zero attached hydrogens (tertiary/aromatic N) is 4. The van der Waals surface area contributed by atoms with Crippen LogP contribution in [0.2, 0.25) is 0 Å². The number of pyridine rings is 2. The SMILES string of the molecule is O=C(O)C(F)(F)F.O=C(O)C(F)(F)F.O=C(c1ccoc1)N1CCN(Cc2cccnc2)c2ncccc2C1. The molecular weight excluding hydrogens is 542 g/mol. The van der Waals surface area contributed by atoms with E-state index in [2.05, 4.69) is 20.9 Å². The molecule has 0 bridgehead atoms. The summed E-state index contributed by atoms with van der Waals surface area (Å²) < 4.78 is 68.5. The first-order valence-corrected chi connectivity index (χ1v) is 10.7. The minimum atomic E-state index is -5.08. The number of furan rings is 1. The number of aromatic nitrogens is 2. The van der Waals surface area contributed by atoms with Gasteiger partial charge in [0.25, 0.3) is 5.91 Å². The van der Waals surface area contributed by atoms with E-state index in [1.807, 2.05) is 29.3 Å². The predicted molar refractivity (Wildman–Crippen MR) is 120 cm³/mol. The van der Waals surface area contributed by atoms with Crippen molar-refractivity contribution in [2.45, 2.75) is 25.4 Å². The largest absolute Gasteiger partial charge is 0.490 e. The molecule has 0 aromatic carbocycles. The van der Waals surface area contributed by atoms with Crippen LogP contribution < -0.4 is 4.90 Å². The molecule has 1 aliphatic heterocycles. The van der Waals surface area contributed by atoms with Gasteiger partial charge in [0.1, 0.15) is 12.1 Å². The number of anilines is 1. The van der Waals surface area contributed by atoms with Gasteiger partial charge in [-0.1, -0.05) is 12.1 Å². The Morgan fingerprint density at radius 2 is 1.54 bits per heavy atom. The van der Waals surface area contributed by atoms with Gasteiger partial charge in [-0.25, -0.2) is 14.6 Å². The third-order valence-electron chi connectivity index (χ3n) is 4.80. The number of hydrogen-bond acceptors (Lipinski definition) is 7. The molecule has 10 nitrogen and oxygen atoms in total. The van der Waals surface area contributed by atoms with E-state index in [9.17, 15) is 31.1 Å². The highest BCUT2D eigenvalue weighted by atomic mass is 19.4. The zero-order valence-corrected chi connectivity index (χ0v) is 19.7. The van der Waals surface area contributed by atoms with Crippen LogP contribution in [-0.2, 0) is 22.7 Å². The summed E-state index contributed by atoms with van der Waals surface area (Å²) in [7, 11) is 0. The van der Waals surface area contributed by atoms with Crippen LogP contribution in [0.25, 0.3) is 0 Å². The van der Waals surface area contributed by atoms with Crippen molar-refractivity contribution in [3.63, 3.8) is 0 Å². The number of alkyl halides is 6. The molecule has 0 saturated heterocycles. The smallest absolute Gasteiger partial charge is 0.475 e. The molecule has 210 valence electrons. The molecule has 3 aromatic heterocycles. The molecular formula is C23H20F6N4O6. The number of carboxylic acids is 2. The second kappa shape index (κ2) is 13.3. The second-order valence-corrected chi connectivity index (χ2v) is 7.61. The first-order chi connectivity index (χ1) is 18.2. The molecule has 1 amide bonds. The van der Waals surface area contributed by atoms with Gasteiger partial charge in [-0.05, 0) is 23.8 Å². The number of amides is 1. The van der Waals surface area contributed by atoms with Gasteiger partial charge in [0.2, 0.25) is 0 Å². The maximum Gasteiger partial charge on any atom is 0.490 e. The minimum absolute atomic E-state index is 0.0215. The number of carbonyl (C=O) groups is 3. The van der Waals surface area contributed by atoms with Crippen LogP contribution in [0.3, 0.4) is 0 Å². The van der Waals surface area contributed by atoms with Crippen molar-refractivity contribution in [3.05, 3.63) is 78.1 Å². The maximum absolute atomic E-state index is 12.7. The van der Waals surface area contributed by atoms with Gasteiger partial charge in [-0.2, -0.15) is 26.3 Å². The molecule has 0 spiro atoms. The molecule has 1 aliphatic rings. The molecule has 39 heavy (non-hydrogen) atoms. The molecule has 0 aliphatic carbocycles. The lowest BCUT2D eigenvalue weighted by Crippen LogP contribution is -2.35. The average Bonchev–Trinajstić information content (AvgIpc) is 3.34. The van der Waals surface area contributed by atoms with Crippen LogP contribution in [0, 0.1) is 0 Å². The molecule has 0 unspecified atom stereocenters. The molecule has 2 N–H and O–H groups in total. The topological polar surface area (TPSA) is 137 Å². The van der Waals surface area contributed by atoms with Gasteiger partial charge >= 0.3 is 24.3 Å². The summed E-state index contributed by atoms with van der Waals surface area (Å²) in [6, 6.07) is 9.62. The number of fused-ring (bicyclic) bond motifs is 1. The van der Waals surface area contributed by atoms with Crippen molar-refractivity contribution < 1.29 is 55.4 Å². The number of rotatable bonds is 3. The summed E-state index contributed by atoms with van der Waals surface area (Å²) in [6.45, 7) is 2.59. The lowest BCUT2D eigenvalue weighted by Gasteiger charge is -2.23. The van der Waals surface area contributed by atoms with Gasteiger partial charge in [0.15, 0.2) is 0 Å². The summed E-state index contributed by atoms with van der Waals surface area (Å²) in [5, 5.41) is 14.2. The molecule has 0 fully saturated rings. The summed E-state index contributed by atoms with van der Waals surface area (Å²) in [6.07, 6.45) is -1.73. The summed E-state index contributed by atoms with van der Waals surface area (Å²) >= 11 is 0. The van der Waals surface area contributed by atoms with Crippen LogP contribution in [0.4, 0.5) is 32.2 Å². The predicted octanol–water partition coefficient (Wildman–Crippen LogP) is 4.00. The van der Waals surface area contributed by atoms with Crippen LogP contribution in [0.15, 0.2) is 65.9 Å². The highest BCUT2D eigenvalue weighted by Gasteiger charge is 2.38. The molecule has 4 rings (SSSR count). The van der Waals surface area contributed by atoms with E-state index in [0.29, 0.717) is 31.7 Å². The Hall–Kier alpha value is -4.63. The maximum atomic E-state index is 12.7. The van der Waals surface area contributed by atoms with Crippen LogP contribution >= 0.6 is 0 Å². The Morgan fingerprint density at radius 3 is 2.05 bits per heavy atom. The summed E-state index contributed by atoms with van der Waals surface area (Å²) in [5.74, 6) is -4.61. The third kappa shape index (κ3) is 9.64. The molecule has 0 saturated carbocycles. The average molecular weight is 562 g/mol. The highest BCUT2D eigenvalue weighted by Crippen LogP contribution is 2.25. The van der Waals surface area contributed by atoms with E-state index in [0.717, 1.165) is 16.9 Å². The van der Waals surface area contributed by atoms with Crippen LogP contribution in [-0.4, -0.2) is 68.4 Å². The van der Waals surface area contributed by atoms with Gasteiger partial charge in [0, 0.05) is 50.3 Å². The van der Waals surface area contributed by atoms with E-state index in [1.54, 1.807) is 18.5 Å². The normalized spacial score (nSPS) is 13.1. The van der Waals surface area contributed by atoms with E-state index in [-0.39, 0.29) is 5.91 Å². The van der Waals surface area contributed by atoms with Crippen molar-refractivity contribution in [2.24, 2.45) is 0 Å². The van der Waals surface area contributed by atoms with E-state index in [1.165, 1.54) is 12.5 Å². The van der Waals surface area contributed by atoms with Crippen LogP contribution in [0.5, 0.6) is 0 Å². The van der Waals surface area contributed by atoms with E-state index in [4.69, 9.17) is 24.2 Å². The molecule has 3 aromatic rings. The van der Waals surface area contributed by atoms with Gasteiger partial charge in [0.05, 0.1) is 11.8 Å². The number of halogens is 6. The van der Waals surface area contributed by atoms with Crippen molar-refractivity contribution in [1.82, 2.24) is 14.9 Å². The second-order valence-electron chi connectivity index (χ2n) is 7.61. The Kier molecular flexibility index (Phi) is 10.4. The van der Waals surface area contributed by atoms with E-state index < -0.39 is 24.3 Å². The van der Waals surface area contributed by atoms with Crippen molar-refractivity contribution in [1.29, 1.82) is 0 Å². The quantitative estimate of drug-likeness (QED) is 0.454. The standard InChI is InChI=1S/C19H18N4O2.2C2HF3O2/c24-19(17-5-10-25-14-17)23-9-8-22(12-15-3-1-6-20-11-15)18-16(13-23)4-2-7-21-18;2*3-2(4,5)1(6)7/h1-7,10-11,14H,8-9,12-13H2;2*(H,6,7). The molecule has 0 atom stereocenters. The first-order valence-electron chi connectivity index (χ1n) is 10.7. The molecule has 0 radical (unpaired) electrons. The van der Waals surface area contributed by atoms with Crippen molar-refractivity contribution in [2.75, 3.05) is 18.0 Å².